The van der Waals surface area contributed by atoms with E-state index >= 15 is 0 Å². The number of aliphatic hydroxyl groups excluding tert-OH is 2. The van der Waals surface area contributed by atoms with Gasteiger partial charge in [-0.05, 0) is 11.8 Å². The van der Waals surface area contributed by atoms with Crippen LogP contribution in [0.15, 0.2) is 0 Å². The van der Waals surface area contributed by atoms with Gasteiger partial charge in [0.25, 0.3) is 0 Å². The minimum Gasteiger partial charge on any atom is -0.479 e. The number of aldehydes is 1. The molecule has 5 heteroatoms. The zero-order valence-electron chi connectivity index (χ0n) is 9.54. The monoisotopic (exact) mass is 220 g/mol. The second-order valence-corrected chi connectivity index (χ2v) is 3.90. The second-order valence-electron chi connectivity index (χ2n) is 3.90. The molecule has 0 saturated heterocycles. The summed E-state index contributed by atoms with van der Waals surface area (Å²) in [6.45, 7) is 6.88. The highest BCUT2D eigenvalue weighted by atomic mass is 16.4. The quantitative estimate of drug-likeness (QED) is 0.592. The first-order chi connectivity index (χ1) is 6.73. The summed E-state index contributed by atoms with van der Waals surface area (Å²) in [6, 6.07) is 0. The molecule has 5 nitrogen and oxygen atoms in total. The van der Waals surface area contributed by atoms with Gasteiger partial charge >= 0.3 is 5.97 Å². The van der Waals surface area contributed by atoms with Gasteiger partial charge < -0.3 is 20.1 Å². The largest absolute Gasteiger partial charge is 0.479 e. The predicted octanol–water partition coefficient (Wildman–Crippen LogP) is 0.290. The van der Waals surface area contributed by atoms with Crippen molar-refractivity contribution in [3.63, 3.8) is 0 Å². The van der Waals surface area contributed by atoms with Crippen molar-refractivity contribution < 1.29 is 24.9 Å². The van der Waals surface area contributed by atoms with Crippen LogP contribution in [0.1, 0.15) is 27.7 Å². The Bertz CT molecular complexity index is 188. The lowest BCUT2D eigenvalue weighted by atomic mass is 10.1. The first-order valence-electron chi connectivity index (χ1n) is 4.78. The Hall–Kier alpha value is -0.940. The Labute approximate surface area is 89.7 Å². The fraction of sp³-hybridized carbons (Fsp3) is 0.800. The maximum atomic E-state index is 9.89. The molecule has 0 spiro atoms. The number of aliphatic hydroxyl groups is 2. The number of carboxylic acids is 1. The Kier molecular flexibility index (Phi) is 9.21. The van der Waals surface area contributed by atoms with Crippen LogP contribution in [0, 0.1) is 11.8 Å². The number of hydrogen-bond donors (Lipinski definition) is 3. The van der Waals surface area contributed by atoms with Crippen molar-refractivity contribution in [2.45, 2.75) is 39.9 Å². The van der Waals surface area contributed by atoms with Gasteiger partial charge in [-0.2, -0.15) is 0 Å². The van der Waals surface area contributed by atoms with Crippen LogP contribution in [0.3, 0.4) is 0 Å². The Morgan fingerprint density at radius 3 is 1.47 bits per heavy atom. The lowest BCUT2D eigenvalue weighted by Crippen LogP contribution is -2.25. The van der Waals surface area contributed by atoms with Crippen molar-refractivity contribution in [3.05, 3.63) is 0 Å². The third kappa shape index (κ3) is 9.37. The van der Waals surface area contributed by atoms with Crippen molar-refractivity contribution in [2.75, 3.05) is 0 Å². The van der Waals surface area contributed by atoms with Crippen LogP contribution in [-0.4, -0.2) is 39.8 Å². The zero-order chi connectivity index (χ0) is 12.6. The molecule has 15 heavy (non-hydrogen) atoms. The maximum Gasteiger partial charge on any atom is 0.332 e. The summed E-state index contributed by atoms with van der Waals surface area (Å²) >= 11 is 0. The molecular formula is C10H20O5. The third-order valence-electron chi connectivity index (χ3n) is 1.71. The van der Waals surface area contributed by atoms with Crippen molar-refractivity contribution in [3.8, 4) is 0 Å². The molecule has 0 fully saturated rings. The molecule has 0 bridgehead atoms. The van der Waals surface area contributed by atoms with Crippen molar-refractivity contribution >= 4 is 12.3 Å². The predicted molar refractivity (Wildman–Crippen MR) is 55.4 cm³/mol. The average Bonchev–Trinajstić information content (AvgIpc) is 2.15. The molecule has 0 aliphatic carbocycles. The van der Waals surface area contributed by atoms with Gasteiger partial charge in [-0.25, -0.2) is 4.79 Å². The Balaban J connectivity index is 0. The van der Waals surface area contributed by atoms with Gasteiger partial charge in [0.15, 0.2) is 6.10 Å². The summed E-state index contributed by atoms with van der Waals surface area (Å²) in [4.78, 5) is 19.6. The highest BCUT2D eigenvalue weighted by molar-refractivity contribution is 5.72. The van der Waals surface area contributed by atoms with Crippen LogP contribution in [0.25, 0.3) is 0 Å². The summed E-state index contributed by atoms with van der Waals surface area (Å²) in [5.41, 5.74) is 0. The molecule has 2 unspecified atom stereocenters. The number of aliphatic carboxylic acids is 1. The first kappa shape index (κ1) is 16.5. The van der Waals surface area contributed by atoms with Crippen molar-refractivity contribution in [1.29, 1.82) is 0 Å². The number of carbonyl (C=O) groups excluding carboxylic acids is 1. The van der Waals surface area contributed by atoms with Gasteiger partial charge in [0, 0.05) is 0 Å². The second kappa shape index (κ2) is 8.38. The number of hydrogen-bond acceptors (Lipinski definition) is 4. The summed E-state index contributed by atoms with van der Waals surface area (Å²) < 4.78 is 0. The van der Waals surface area contributed by atoms with Gasteiger partial charge in [0.1, 0.15) is 12.4 Å². The lowest BCUT2D eigenvalue weighted by Gasteiger charge is -2.06. The van der Waals surface area contributed by atoms with E-state index in [9.17, 15) is 9.59 Å². The Morgan fingerprint density at radius 1 is 1.07 bits per heavy atom. The van der Waals surface area contributed by atoms with Crippen LogP contribution in [-0.2, 0) is 9.59 Å². The Morgan fingerprint density at radius 2 is 1.47 bits per heavy atom. The zero-order valence-corrected chi connectivity index (χ0v) is 9.54. The molecule has 2 atom stereocenters. The minimum absolute atomic E-state index is 0.0532. The van der Waals surface area contributed by atoms with Crippen LogP contribution in [0.5, 0.6) is 0 Å². The molecule has 0 aliphatic rings. The van der Waals surface area contributed by atoms with E-state index in [0.29, 0.717) is 6.29 Å². The molecule has 90 valence electrons. The van der Waals surface area contributed by atoms with Gasteiger partial charge in [-0.3, -0.25) is 0 Å². The molecule has 0 saturated carbocycles. The van der Waals surface area contributed by atoms with E-state index in [1.165, 1.54) is 0 Å². The molecular weight excluding hydrogens is 200 g/mol. The van der Waals surface area contributed by atoms with E-state index in [1.807, 2.05) is 0 Å². The fourth-order valence-electron chi connectivity index (χ4n) is 0.442. The lowest BCUT2D eigenvalue weighted by molar-refractivity contribution is -0.148. The van der Waals surface area contributed by atoms with Gasteiger partial charge in [0.05, 0.1) is 0 Å². The average molecular weight is 220 g/mol. The van der Waals surface area contributed by atoms with E-state index < -0.39 is 18.2 Å². The number of carbonyl (C=O) groups is 2. The molecule has 0 aromatic rings. The van der Waals surface area contributed by atoms with Gasteiger partial charge in [-0.1, -0.05) is 27.7 Å². The van der Waals surface area contributed by atoms with Crippen molar-refractivity contribution in [1.82, 2.24) is 0 Å². The van der Waals surface area contributed by atoms with Crippen LogP contribution in [0.2, 0.25) is 0 Å². The minimum atomic E-state index is -1.21. The standard InChI is InChI=1S/C5H10O3.C5H10O2/c1-3(2)4(6)5(7)8;1-4(2)5(7)3-6/h3-4,6H,1-2H3,(H,7,8);3-5,7H,1-2H3. The SMILES string of the molecule is CC(C)C(O)C(=O)O.CC(C)C(O)C=O. The first-order valence-corrected chi connectivity index (χ1v) is 4.78. The molecule has 0 aliphatic heterocycles. The van der Waals surface area contributed by atoms with E-state index in [4.69, 9.17) is 15.3 Å². The molecule has 0 rings (SSSR count). The maximum absolute atomic E-state index is 9.89. The van der Waals surface area contributed by atoms with Crippen LogP contribution >= 0.6 is 0 Å². The van der Waals surface area contributed by atoms with Crippen LogP contribution < -0.4 is 0 Å². The summed E-state index contributed by atoms with van der Waals surface area (Å²) in [5, 5.41) is 25.3. The summed E-state index contributed by atoms with van der Waals surface area (Å²) in [5.74, 6) is -1.30. The topological polar surface area (TPSA) is 94.8 Å². The van der Waals surface area contributed by atoms with Crippen molar-refractivity contribution in [2.24, 2.45) is 11.8 Å². The number of rotatable bonds is 4. The number of carboxylic acid groups (broad SMARTS) is 1. The molecule has 3 N–H and O–H groups in total. The fourth-order valence-corrected chi connectivity index (χ4v) is 0.442. The van der Waals surface area contributed by atoms with E-state index in [0.717, 1.165) is 0 Å². The smallest absolute Gasteiger partial charge is 0.332 e. The van der Waals surface area contributed by atoms with E-state index in [-0.39, 0.29) is 11.8 Å². The molecule has 0 aromatic heterocycles. The molecule has 0 aromatic carbocycles. The van der Waals surface area contributed by atoms with Gasteiger partial charge in [0.2, 0.25) is 0 Å². The highest BCUT2D eigenvalue weighted by Crippen LogP contribution is 1.99. The molecule has 0 heterocycles. The van der Waals surface area contributed by atoms with E-state index in [2.05, 4.69) is 0 Å². The highest BCUT2D eigenvalue weighted by Gasteiger charge is 2.16. The molecule has 0 amide bonds. The molecule has 0 radical (unpaired) electrons. The van der Waals surface area contributed by atoms with Crippen LogP contribution in [0.4, 0.5) is 0 Å². The summed E-state index contributed by atoms with van der Waals surface area (Å²) in [7, 11) is 0. The normalized spacial score (nSPS) is 14.1. The van der Waals surface area contributed by atoms with Gasteiger partial charge in [-0.15, -0.1) is 0 Å². The summed E-state index contributed by atoms with van der Waals surface area (Å²) in [6.07, 6.45) is -1.44. The van der Waals surface area contributed by atoms with E-state index in [1.54, 1.807) is 27.7 Å². The third-order valence-corrected chi connectivity index (χ3v) is 1.71.